The fourth-order valence-corrected chi connectivity index (χ4v) is 4.97. The van der Waals surface area contributed by atoms with Gasteiger partial charge in [0.05, 0.1) is 23.9 Å². The van der Waals surface area contributed by atoms with Gasteiger partial charge in [-0.2, -0.15) is 4.98 Å². The molecule has 0 bridgehead atoms. The molecule has 2 saturated heterocycles. The molecular weight excluding hydrogens is 428 g/mol. The number of likely N-dealkylation sites (tertiary alicyclic amines) is 1. The molecule has 33 heavy (non-hydrogen) atoms. The number of ether oxygens (including phenoxy) is 1. The van der Waals surface area contributed by atoms with Gasteiger partial charge in [-0.1, -0.05) is 0 Å². The maximum absolute atomic E-state index is 13.1. The van der Waals surface area contributed by atoms with Crippen LogP contribution in [0.25, 0.3) is 0 Å². The molecule has 2 aliphatic rings. The van der Waals surface area contributed by atoms with Gasteiger partial charge < -0.3 is 31.5 Å². The van der Waals surface area contributed by atoms with Crippen LogP contribution in [0.1, 0.15) is 58.4 Å². The second-order valence-corrected chi connectivity index (χ2v) is 9.45. The van der Waals surface area contributed by atoms with E-state index < -0.39 is 29.0 Å². The van der Waals surface area contributed by atoms with Crippen molar-refractivity contribution in [1.29, 1.82) is 0 Å². The highest BCUT2D eigenvalue weighted by Gasteiger charge is 2.50. The predicted octanol–water partition coefficient (Wildman–Crippen LogP) is -0.467. The minimum Gasteiger partial charge on any atom is -0.388 e. The summed E-state index contributed by atoms with van der Waals surface area (Å²) in [4.78, 5) is 42.4. The van der Waals surface area contributed by atoms with Gasteiger partial charge in [0, 0.05) is 32.6 Å². The topological polar surface area (TPSA) is 166 Å². The number of hydrogen-bond donors (Lipinski definition) is 4. The molecule has 1 spiro atoms. The van der Waals surface area contributed by atoms with E-state index in [4.69, 9.17) is 16.2 Å². The molecule has 11 heteroatoms. The fourth-order valence-electron chi connectivity index (χ4n) is 4.97. The first-order valence-corrected chi connectivity index (χ1v) is 11.5. The number of piperidine rings is 1. The number of aliphatic hydroxyl groups is 1. The van der Waals surface area contributed by atoms with Gasteiger partial charge in [0.25, 0.3) is 0 Å². The van der Waals surface area contributed by atoms with Crippen molar-refractivity contribution in [3.05, 3.63) is 22.7 Å². The Balaban J connectivity index is 1.64. The third-order valence-electron chi connectivity index (χ3n) is 6.74. The molecule has 184 valence electrons. The molecule has 6 N–H and O–H groups in total. The normalized spacial score (nSPS) is 25.6. The average Bonchev–Trinajstić information content (AvgIpc) is 2.73. The van der Waals surface area contributed by atoms with Gasteiger partial charge >= 0.3 is 5.69 Å². The first-order valence-electron chi connectivity index (χ1n) is 11.5. The van der Waals surface area contributed by atoms with Crippen LogP contribution in [-0.4, -0.2) is 74.9 Å². The largest absolute Gasteiger partial charge is 0.388 e. The highest BCUT2D eigenvalue weighted by atomic mass is 16.5. The van der Waals surface area contributed by atoms with E-state index in [-0.39, 0.29) is 24.2 Å². The molecule has 2 amide bonds. The first-order chi connectivity index (χ1) is 15.6. The van der Waals surface area contributed by atoms with Crippen LogP contribution in [0.2, 0.25) is 0 Å². The van der Waals surface area contributed by atoms with Crippen LogP contribution in [0, 0.1) is 0 Å². The average molecular weight is 465 g/mol. The van der Waals surface area contributed by atoms with Crippen LogP contribution in [0.5, 0.6) is 0 Å². The molecule has 11 nitrogen and oxygen atoms in total. The minimum absolute atomic E-state index is 0.1000. The Bertz CT molecular complexity index is 909. The summed E-state index contributed by atoms with van der Waals surface area (Å²) >= 11 is 0. The van der Waals surface area contributed by atoms with E-state index >= 15 is 0 Å². The summed E-state index contributed by atoms with van der Waals surface area (Å²) in [5.41, 5.74) is 8.82. The van der Waals surface area contributed by atoms with Gasteiger partial charge in [-0.15, -0.1) is 0 Å². The summed E-state index contributed by atoms with van der Waals surface area (Å²) < 4.78 is 7.59. The monoisotopic (exact) mass is 464 g/mol. The first kappa shape index (κ1) is 25.1. The number of carbonyl (C=O) groups is 2. The van der Waals surface area contributed by atoms with Gasteiger partial charge in [-0.25, -0.2) is 4.79 Å². The van der Waals surface area contributed by atoms with Crippen molar-refractivity contribution in [1.82, 2.24) is 19.8 Å². The number of nitrogens with two attached hydrogens (primary N) is 2. The van der Waals surface area contributed by atoms with Gasteiger partial charge in [-0.05, 0) is 51.6 Å². The number of unbranched alkanes of at least 4 members (excludes halogenated alkanes) is 1. The van der Waals surface area contributed by atoms with Gasteiger partial charge in [0.1, 0.15) is 11.9 Å². The summed E-state index contributed by atoms with van der Waals surface area (Å²) in [5.74, 6) is -0.210. The van der Waals surface area contributed by atoms with Crippen molar-refractivity contribution in [3.63, 3.8) is 0 Å². The molecule has 1 aromatic heterocycles. The molecule has 1 aromatic rings. The molecule has 2 aliphatic heterocycles. The van der Waals surface area contributed by atoms with E-state index in [0.717, 1.165) is 12.8 Å². The molecule has 0 aromatic carbocycles. The Hall–Kier alpha value is -2.50. The Morgan fingerprint density at radius 1 is 1.36 bits per heavy atom. The Kier molecular flexibility index (Phi) is 7.76. The standard InChI is InChI=1S/C22H36N6O5/c1-15(29)25-16(5-3-4-9-23)19(30)27-11-7-22(8-12-27)14-21(2,32)17(13-33-22)28-10-6-18(24)26-20(28)31/h6,10,16-17,32H,3-5,7-9,11-14,23H2,1-2H3,(H,25,29)(H2,24,26,31)/t16-,17-,21-/m0/s1. The Morgan fingerprint density at radius 2 is 2.06 bits per heavy atom. The summed E-state index contributed by atoms with van der Waals surface area (Å²) in [6, 6.07) is 0.369. The highest BCUT2D eigenvalue weighted by Crippen LogP contribution is 2.43. The van der Waals surface area contributed by atoms with Crippen molar-refractivity contribution >= 4 is 17.6 Å². The lowest BCUT2D eigenvalue weighted by Gasteiger charge is -2.51. The van der Waals surface area contributed by atoms with Crippen LogP contribution in [0.15, 0.2) is 17.1 Å². The zero-order valence-electron chi connectivity index (χ0n) is 19.5. The third kappa shape index (κ3) is 5.90. The molecule has 3 atom stereocenters. The van der Waals surface area contributed by atoms with E-state index in [9.17, 15) is 19.5 Å². The lowest BCUT2D eigenvalue weighted by atomic mass is 9.75. The fraction of sp³-hybridized carbons (Fsp3) is 0.727. The highest BCUT2D eigenvalue weighted by molar-refractivity contribution is 5.86. The predicted molar refractivity (Wildman–Crippen MR) is 122 cm³/mol. The number of hydrogen-bond acceptors (Lipinski definition) is 8. The zero-order valence-corrected chi connectivity index (χ0v) is 19.5. The number of nitrogens with one attached hydrogen (secondary N) is 1. The zero-order chi connectivity index (χ0) is 24.2. The smallest absolute Gasteiger partial charge is 0.349 e. The van der Waals surface area contributed by atoms with Gasteiger partial charge in [0.15, 0.2) is 0 Å². The number of amides is 2. The van der Waals surface area contributed by atoms with Crippen LogP contribution < -0.4 is 22.5 Å². The maximum Gasteiger partial charge on any atom is 0.349 e. The van der Waals surface area contributed by atoms with Crippen LogP contribution >= 0.6 is 0 Å². The van der Waals surface area contributed by atoms with Crippen LogP contribution in [-0.2, 0) is 14.3 Å². The lowest BCUT2D eigenvalue weighted by molar-refractivity contribution is -0.198. The van der Waals surface area contributed by atoms with Crippen molar-refractivity contribution < 1.29 is 19.4 Å². The molecule has 0 aliphatic carbocycles. The quantitative estimate of drug-likeness (QED) is 0.393. The number of aromatic nitrogens is 2. The summed E-state index contributed by atoms with van der Waals surface area (Å²) in [6.45, 7) is 4.74. The molecular formula is C22H36N6O5. The Labute approximate surface area is 193 Å². The number of anilines is 1. The summed E-state index contributed by atoms with van der Waals surface area (Å²) in [6.07, 6.45) is 5.09. The van der Waals surface area contributed by atoms with E-state index in [1.807, 2.05) is 0 Å². The molecule has 0 saturated carbocycles. The Morgan fingerprint density at radius 3 is 2.64 bits per heavy atom. The molecule has 2 fully saturated rings. The SMILES string of the molecule is CC(=O)N[C@@H](CCCCN)C(=O)N1CCC2(CC1)C[C@](C)(O)[C@@H](n1ccc(N)nc1=O)CO2. The van der Waals surface area contributed by atoms with Gasteiger partial charge in [-0.3, -0.25) is 14.2 Å². The van der Waals surface area contributed by atoms with Crippen molar-refractivity contribution in [2.45, 2.75) is 75.7 Å². The number of nitrogens with zero attached hydrogens (tertiary/aromatic N) is 3. The van der Waals surface area contributed by atoms with E-state index in [2.05, 4.69) is 10.3 Å². The van der Waals surface area contributed by atoms with Crippen molar-refractivity contribution in [3.8, 4) is 0 Å². The van der Waals surface area contributed by atoms with E-state index in [1.165, 1.54) is 23.8 Å². The molecule has 3 rings (SSSR count). The second-order valence-electron chi connectivity index (χ2n) is 9.45. The van der Waals surface area contributed by atoms with Crippen LogP contribution in [0.3, 0.4) is 0 Å². The van der Waals surface area contributed by atoms with Crippen molar-refractivity contribution in [2.24, 2.45) is 5.73 Å². The van der Waals surface area contributed by atoms with Crippen LogP contribution in [0.4, 0.5) is 5.82 Å². The number of carbonyl (C=O) groups excluding carboxylic acids is 2. The van der Waals surface area contributed by atoms with E-state index in [1.54, 1.807) is 11.8 Å². The third-order valence-corrected chi connectivity index (χ3v) is 6.74. The van der Waals surface area contributed by atoms with Gasteiger partial charge in [0.2, 0.25) is 11.8 Å². The molecule has 0 unspecified atom stereocenters. The number of rotatable bonds is 7. The molecule has 0 radical (unpaired) electrons. The summed E-state index contributed by atoms with van der Waals surface area (Å²) in [7, 11) is 0. The minimum atomic E-state index is -1.20. The van der Waals surface area contributed by atoms with Crippen molar-refractivity contribution in [2.75, 3.05) is 32.0 Å². The maximum atomic E-state index is 13.1. The van der Waals surface area contributed by atoms with E-state index in [0.29, 0.717) is 45.3 Å². The second kappa shape index (κ2) is 10.2. The summed E-state index contributed by atoms with van der Waals surface area (Å²) in [5, 5.41) is 14.0. The lowest BCUT2D eigenvalue weighted by Crippen LogP contribution is -2.60. The number of nitrogen functional groups attached to an aromatic ring is 1. The molecule has 3 heterocycles.